The molecule has 1 amide bonds. The molecule has 2 aromatic rings. The van der Waals surface area contributed by atoms with Crippen LogP contribution in [0.1, 0.15) is 15.2 Å². The maximum atomic E-state index is 11.8. The number of benzene rings is 1. The summed E-state index contributed by atoms with van der Waals surface area (Å²) in [4.78, 5) is 12.8. The number of hydrogen-bond acceptors (Lipinski definition) is 4. The van der Waals surface area contributed by atoms with Crippen LogP contribution < -0.4 is 5.32 Å². The number of phenolic OH excluding ortho intramolecular Hbond substituents is 2. The van der Waals surface area contributed by atoms with E-state index in [1.54, 1.807) is 0 Å². The molecule has 0 spiro atoms. The largest absolute Gasteiger partial charge is 0.504 e. The van der Waals surface area contributed by atoms with Crippen LogP contribution >= 0.6 is 27.3 Å². The molecule has 0 unspecified atom stereocenters. The average molecular weight is 328 g/mol. The normalized spacial score (nSPS) is 10.3. The molecule has 0 fully saturated rings. The summed E-state index contributed by atoms with van der Waals surface area (Å²) in [5.74, 6) is -1.13. The highest BCUT2D eigenvalue weighted by molar-refractivity contribution is 9.11. The maximum absolute atomic E-state index is 11.8. The van der Waals surface area contributed by atoms with Gasteiger partial charge in [-0.2, -0.15) is 0 Å². The number of halogens is 1. The monoisotopic (exact) mass is 327 g/mol. The molecule has 0 aliphatic carbocycles. The van der Waals surface area contributed by atoms with Crippen LogP contribution in [-0.4, -0.2) is 16.1 Å². The van der Waals surface area contributed by atoms with Crippen LogP contribution in [0.4, 0.5) is 0 Å². The van der Waals surface area contributed by atoms with Gasteiger partial charge in [0.1, 0.15) is 0 Å². The van der Waals surface area contributed by atoms with Crippen molar-refractivity contribution in [3.8, 4) is 11.5 Å². The maximum Gasteiger partial charge on any atom is 0.255 e. The van der Waals surface area contributed by atoms with Crippen LogP contribution in [0.15, 0.2) is 34.1 Å². The molecule has 94 valence electrons. The van der Waals surface area contributed by atoms with Gasteiger partial charge in [-0.05, 0) is 40.2 Å². The number of phenols is 2. The van der Waals surface area contributed by atoms with Gasteiger partial charge in [0.05, 0.1) is 15.9 Å². The molecular formula is C12H10BrNO3S. The van der Waals surface area contributed by atoms with Gasteiger partial charge >= 0.3 is 0 Å². The molecule has 18 heavy (non-hydrogen) atoms. The zero-order valence-corrected chi connectivity index (χ0v) is 11.6. The zero-order valence-electron chi connectivity index (χ0n) is 9.18. The van der Waals surface area contributed by atoms with Crippen LogP contribution in [0.5, 0.6) is 11.5 Å². The molecular weight excluding hydrogens is 318 g/mol. The fourth-order valence-electron chi connectivity index (χ4n) is 1.42. The Balaban J connectivity index is 2.06. The Labute approximate surface area is 116 Å². The van der Waals surface area contributed by atoms with Gasteiger partial charge in [0, 0.05) is 4.88 Å². The average Bonchev–Trinajstić information content (AvgIpc) is 2.76. The van der Waals surface area contributed by atoms with Crippen molar-refractivity contribution in [1.29, 1.82) is 0 Å². The molecule has 0 aliphatic rings. The highest BCUT2D eigenvalue weighted by atomic mass is 79.9. The fourth-order valence-corrected chi connectivity index (χ4v) is 2.85. The number of thiophene rings is 1. The van der Waals surface area contributed by atoms with Gasteiger partial charge in [0.25, 0.3) is 5.91 Å². The molecule has 0 saturated carbocycles. The van der Waals surface area contributed by atoms with Crippen LogP contribution in [0.3, 0.4) is 0 Å². The van der Waals surface area contributed by atoms with Crippen molar-refractivity contribution in [3.63, 3.8) is 0 Å². The van der Waals surface area contributed by atoms with Crippen molar-refractivity contribution in [2.24, 2.45) is 0 Å². The Morgan fingerprint density at radius 2 is 2.06 bits per heavy atom. The standard InChI is InChI=1S/C12H10BrNO3S/c13-10-5-4-7(18-10)6-14-12(17)8-2-1-3-9(15)11(8)16/h1-5,15-16H,6H2,(H,14,17). The van der Waals surface area contributed by atoms with Crippen LogP contribution in [0, 0.1) is 0 Å². The highest BCUT2D eigenvalue weighted by Gasteiger charge is 2.13. The fraction of sp³-hybridized carbons (Fsp3) is 0.0833. The summed E-state index contributed by atoms with van der Waals surface area (Å²) < 4.78 is 0.993. The van der Waals surface area contributed by atoms with Crippen molar-refractivity contribution in [3.05, 3.63) is 44.6 Å². The molecule has 4 nitrogen and oxygen atoms in total. The Kier molecular flexibility index (Phi) is 3.88. The number of hydrogen-bond donors (Lipinski definition) is 3. The molecule has 0 radical (unpaired) electrons. The first-order chi connectivity index (χ1) is 8.58. The third kappa shape index (κ3) is 2.83. The van der Waals surface area contributed by atoms with Crippen molar-refractivity contribution in [2.75, 3.05) is 0 Å². The summed E-state index contributed by atoms with van der Waals surface area (Å²) >= 11 is 4.86. The van der Waals surface area contributed by atoms with Gasteiger partial charge in [0.15, 0.2) is 11.5 Å². The van der Waals surface area contributed by atoms with Crippen LogP contribution in [0.2, 0.25) is 0 Å². The van der Waals surface area contributed by atoms with Crippen molar-refractivity contribution in [1.82, 2.24) is 5.32 Å². The number of para-hydroxylation sites is 1. The Morgan fingerprint density at radius 1 is 1.28 bits per heavy atom. The minimum absolute atomic E-state index is 0.0608. The summed E-state index contributed by atoms with van der Waals surface area (Å²) in [6.45, 7) is 0.379. The van der Waals surface area contributed by atoms with E-state index in [1.165, 1.54) is 29.5 Å². The van der Waals surface area contributed by atoms with Crippen molar-refractivity contribution in [2.45, 2.75) is 6.54 Å². The Morgan fingerprint density at radius 3 is 2.72 bits per heavy atom. The van der Waals surface area contributed by atoms with E-state index in [4.69, 9.17) is 0 Å². The number of carbonyl (C=O) groups excluding carboxylic acids is 1. The lowest BCUT2D eigenvalue weighted by atomic mass is 10.1. The Bertz CT molecular complexity index is 582. The molecule has 0 aliphatic heterocycles. The first-order valence-electron chi connectivity index (χ1n) is 5.11. The summed E-state index contributed by atoms with van der Waals surface area (Å²) in [6, 6.07) is 8.08. The lowest BCUT2D eigenvalue weighted by molar-refractivity contribution is 0.0948. The second-order valence-corrected chi connectivity index (χ2v) is 6.11. The molecule has 0 saturated heterocycles. The summed E-state index contributed by atoms with van der Waals surface area (Å²) in [6.07, 6.45) is 0. The topological polar surface area (TPSA) is 69.6 Å². The second-order valence-electron chi connectivity index (χ2n) is 3.56. The molecule has 2 rings (SSSR count). The van der Waals surface area contributed by atoms with Gasteiger partial charge in [-0.25, -0.2) is 0 Å². The molecule has 6 heteroatoms. The SMILES string of the molecule is O=C(NCc1ccc(Br)s1)c1cccc(O)c1O. The predicted octanol–water partition coefficient (Wildman–Crippen LogP) is 2.85. The molecule has 0 atom stereocenters. The van der Waals surface area contributed by atoms with Gasteiger partial charge in [-0.1, -0.05) is 6.07 Å². The molecule has 1 aromatic carbocycles. The molecule has 1 heterocycles. The first-order valence-corrected chi connectivity index (χ1v) is 6.72. The minimum atomic E-state index is -0.423. The van der Waals surface area contributed by atoms with E-state index in [0.717, 1.165) is 8.66 Å². The van der Waals surface area contributed by atoms with Crippen LogP contribution in [0.25, 0.3) is 0 Å². The van der Waals surface area contributed by atoms with E-state index in [9.17, 15) is 15.0 Å². The minimum Gasteiger partial charge on any atom is -0.504 e. The lowest BCUT2D eigenvalue weighted by Crippen LogP contribution is -2.22. The van der Waals surface area contributed by atoms with Crippen molar-refractivity contribution >= 4 is 33.2 Å². The third-order valence-corrected chi connectivity index (χ3v) is 3.94. The highest BCUT2D eigenvalue weighted by Crippen LogP contribution is 2.28. The van der Waals surface area contributed by atoms with E-state index in [-0.39, 0.29) is 11.3 Å². The summed E-state index contributed by atoms with van der Waals surface area (Å²) in [5, 5.41) is 21.5. The number of rotatable bonds is 3. The smallest absolute Gasteiger partial charge is 0.255 e. The number of aromatic hydroxyl groups is 2. The van der Waals surface area contributed by atoms with E-state index in [0.29, 0.717) is 6.54 Å². The second kappa shape index (κ2) is 5.41. The van der Waals surface area contributed by atoms with E-state index in [2.05, 4.69) is 21.2 Å². The van der Waals surface area contributed by atoms with Gasteiger partial charge in [0.2, 0.25) is 0 Å². The van der Waals surface area contributed by atoms with Crippen molar-refractivity contribution < 1.29 is 15.0 Å². The predicted molar refractivity (Wildman–Crippen MR) is 73.0 cm³/mol. The zero-order chi connectivity index (χ0) is 13.1. The first kappa shape index (κ1) is 12.9. The van der Waals surface area contributed by atoms with Crippen LogP contribution in [-0.2, 0) is 6.54 Å². The quantitative estimate of drug-likeness (QED) is 0.759. The third-order valence-electron chi connectivity index (χ3n) is 2.31. The number of carbonyl (C=O) groups is 1. The molecule has 1 aromatic heterocycles. The van der Waals surface area contributed by atoms with E-state index < -0.39 is 11.7 Å². The molecule has 0 bridgehead atoms. The van der Waals surface area contributed by atoms with Gasteiger partial charge < -0.3 is 15.5 Å². The number of nitrogens with one attached hydrogen (secondary N) is 1. The van der Waals surface area contributed by atoms with E-state index >= 15 is 0 Å². The summed E-state index contributed by atoms with van der Waals surface area (Å²) in [5.41, 5.74) is 0.0608. The number of amides is 1. The van der Waals surface area contributed by atoms with Gasteiger partial charge in [-0.3, -0.25) is 4.79 Å². The lowest BCUT2D eigenvalue weighted by Gasteiger charge is -2.06. The van der Waals surface area contributed by atoms with E-state index in [1.807, 2.05) is 12.1 Å². The molecule has 3 N–H and O–H groups in total. The van der Waals surface area contributed by atoms with Gasteiger partial charge in [-0.15, -0.1) is 11.3 Å². The Hall–Kier alpha value is -1.53. The summed E-state index contributed by atoms with van der Waals surface area (Å²) in [7, 11) is 0.